The lowest BCUT2D eigenvalue weighted by atomic mass is 9.75. The number of amides is 1. The van der Waals surface area contributed by atoms with Crippen molar-refractivity contribution in [3.05, 3.63) is 0 Å². The van der Waals surface area contributed by atoms with Crippen molar-refractivity contribution in [2.24, 2.45) is 5.92 Å². The van der Waals surface area contributed by atoms with Crippen molar-refractivity contribution < 1.29 is 14.7 Å². The smallest absolute Gasteiger partial charge is 0.329 e. The van der Waals surface area contributed by atoms with Crippen molar-refractivity contribution in [2.75, 3.05) is 6.54 Å². The van der Waals surface area contributed by atoms with Gasteiger partial charge in [0.15, 0.2) is 0 Å². The Morgan fingerprint density at radius 3 is 2.35 bits per heavy atom. The van der Waals surface area contributed by atoms with Gasteiger partial charge in [0.2, 0.25) is 5.91 Å². The number of carboxylic acid groups (broad SMARTS) is 1. The molecular formula is C15H28N2O3. The lowest BCUT2D eigenvalue weighted by Crippen LogP contribution is -2.57. The van der Waals surface area contributed by atoms with Gasteiger partial charge in [0, 0.05) is 12.5 Å². The van der Waals surface area contributed by atoms with Crippen LogP contribution < -0.4 is 10.6 Å². The van der Waals surface area contributed by atoms with E-state index >= 15 is 0 Å². The van der Waals surface area contributed by atoms with Crippen molar-refractivity contribution in [3.8, 4) is 0 Å². The second-order valence-corrected chi connectivity index (χ2v) is 5.95. The minimum absolute atomic E-state index is 0.0674. The number of hydrogen-bond donors (Lipinski definition) is 3. The van der Waals surface area contributed by atoms with Gasteiger partial charge in [0.1, 0.15) is 5.54 Å². The number of aliphatic carboxylic acids is 1. The van der Waals surface area contributed by atoms with Crippen molar-refractivity contribution in [1.82, 2.24) is 10.6 Å². The molecule has 1 fully saturated rings. The van der Waals surface area contributed by atoms with Gasteiger partial charge in [-0.05, 0) is 45.1 Å². The van der Waals surface area contributed by atoms with Crippen molar-refractivity contribution in [1.29, 1.82) is 0 Å². The molecule has 1 aliphatic carbocycles. The highest BCUT2D eigenvalue weighted by Gasteiger charge is 2.42. The van der Waals surface area contributed by atoms with Crippen LogP contribution in [-0.4, -0.2) is 35.1 Å². The van der Waals surface area contributed by atoms with Crippen LogP contribution in [0.2, 0.25) is 0 Å². The average Bonchev–Trinajstić information content (AvgIpc) is 2.39. The van der Waals surface area contributed by atoms with Crippen molar-refractivity contribution >= 4 is 11.9 Å². The molecule has 5 nitrogen and oxygen atoms in total. The normalized spacial score (nSPS) is 27.9. The van der Waals surface area contributed by atoms with E-state index in [1.54, 1.807) is 0 Å². The molecule has 0 aromatic heterocycles. The van der Waals surface area contributed by atoms with Crippen LogP contribution in [0.4, 0.5) is 0 Å². The third-order valence-corrected chi connectivity index (χ3v) is 4.37. The monoisotopic (exact) mass is 284 g/mol. The molecule has 3 N–H and O–H groups in total. The maximum absolute atomic E-state index is 12.0. The first-order chi connectivity index (χ1) is 9.43. The molecule has 1 rings (SSSR count). The van der Waals surface area contributed by atoms with Crippen LogP contribution in [0.1, 0.15) is 59.3 Å². The van der Waals surface area contributed by atoms with E-state index in [0.717, 1.165) is 25.8 Å². The number of carbonyl (C=O) groups excluding carboxylic acids is 1. The summed E-state index contributed by atoms with van der Waals surface area (Å²) < 4.78 is 0. The Hall–Kier alpha value is -1.10. The summed E-state index contributed by atoms with van der Waals surface area (Å²) in [5, 5.41) is 15.5. The van der Waals surface area contributed by atoms with E-state index in [9.17, 15) is 14.7 Å². The maximum atomic E-state index is 12.0. The predicted octanol–water partition coefficient (Wildman–Crippen LogP) is 1.91. The van der Waals surface area contributed by atoms with Crippen LogP contribution >= 0.6 is 0 Å². The zero-order valence-corrected chi connectivity index (χ0v) is 12.9. The van der Waals surface area contributed by atoms with E-state index in [2.05, 4.69) is 17.6 Å². The molecule has 20 heavy (non-hydrogen) atoms. The number of carboxylic acids is 1. The van der Waals surface area contributed by atoms with Crippen molar-refractivity contribution in [2.45, 2.75) is 70.9 Å². The highest BCUT2D eigenvalue weighted by molar-refractivity contribution is 5.87. The van der Waals surface area contributed by atoms with Crippen LogP contribution in [0, 0.1) is 5.92 Å². The molecule has 0 heterocycles. The second-order valence-electron chi connectivity index (χ2n) is 5.95. The van der Waals surface area contributed by atoms with E-state index in [4.69, 9.17) is 0 Å². The molecule has 116 valence electrons. The average molecular weight is 284 g/mol. The zero-order chi connectivity index (χ0) is 15.2. The molecule has 1 aliphatic rings. The molecule has 0 aromatic rings. The van der Waals surface area contributed by atoms with Gasteiger partial charge in [0.05, 0.1) is 0 Å². The Labute approximate surface area is 121 Å². The summed E-state index contributed by atoms with van der Waals surface area (Å²) in [7, 11) is 0. The molecule has 1 atom stereocenters. The zero-order valence-electron chi connectivity index (χ0n) is 12.9. The Bertz CT molecular complexity index is 336. The molecule has 0 bridgehead atoms. The number of carbonyl (C=O) groups is 2. The standard InChI is InChI=1S/C15H28N2O3/c1-4-12-6-8-15(9-7-12,14(19)20)17-13(18)10-11(3)16-5-2/h11-12,16H,4-10H2,1-3H3,(H,17,18)(H,19,20). The maximum Gasteiger partial charge on any atom is 0.329 e. The molecule has 0 radical (unpaired) electrons. The first-order valence-electron chi connectivity index (χ1n) is 7.71. The lowest BCUT2D eigenvalue weighted by molar-refractivity contribution is -0.149. The van der Waals surface area contributed by atoms with Gasteiger partial charge in [-0.1, -0.05) is 20.3 Å². The quantitative estimate of drug-likeness (QED) is 0.667. The Balaban J connectivity index is 2.59. The topological polar surface area (TPSA) is 78.4 Å². The molecule has 1 unspecified atom stereocenters. The fourth-order valence-electron chi connectivity index (χ4n) is 2.99. The Kier molecular flexibility index (Phi) is 6.46. The third kappa shape index (κ3) is 4.47. The highest BCUT2D eigenvalue weighted by atomic mass is 16.4. The summed E-state index contributed by atoms with van der Waals surface area (Å²) in [5.74, 6) is -0.465. The van der Waals surface area contributed by atoms with Gasteiger partial charge in [-0.25, -0.2) is 4.79 Å². The minimum atomic E-state index is -1.05. The number of hydrogen-bond acceptors (Lipinski definition) is 3. The fraction of sp³-hybridized carbons (Fsp3) is 0.867. The van der Waals surface area contributed by atoms with E-state index in [1.807, 2.05) is 13.8 Å². The van der Waals surface area contributed by atoms with Gasteiger partial charge in [-0.15, -0.1) is 0 Å². The largest absolute Gasteiger partial charge is 0.480 e. The predicted molar refractivity (Wildman–Crippen MR) is 78.5 cm³/mol. The fourth-order valence-corrected chi connectivity index (χ4v) is 2.99. The van der Waals surface area contributed by atoms with E-state index in [1.165, 1.54) is 0 Å². The first kappa shape index (κ1) is 17.0. The van der Waals surface area contributed by atoms with Crippen LogP contribution in [0.3, 0.4) is 0 Å². The molecule has 0 aliphatic heterocycles. The first-order valence-corrected chi connectivity index (χ1v) is 7.71. The van der Waals surface area contributed by atoms with Crippen LogP contribution in [0.5, 0.6) is 0 Å². The molecular weight excluding hydrogens is 256 g/mol. The van der Waals surface area contributed by atoms with Crippen LogP contribution in [0.25, 0.3) is 0 Å². The third-order valence-electron chi connectivity index (χ3n) is 4.37. The van der Waals surface area contributed by atoms with Gasteiger partial charge >= 0.3 is 5.97 Å². The Morgan fingerprint density at radius 2 is 1.90 bits per heavy atom. The second kappa shape index (κ2) is 7.62. The summed E-state index contributed by atoms with van der Waals surface area (Å²) in [6.45, 7) is 6.86. The van der Waals surface area contributed by atoms with E-state index in [-0.39, 0.29) is 11.9 Å². The van der Waals surface area contributed by atoms with Crippen LogP contribution in [0.15, 0.2) is 0 Å². The summed E-state index contributed by atoms with van der Waals surface area (Å²) in [5.41, 5.74) is -1.05. The molecule has 0 saturated heterocycles. The Morgan fingerprint density at radius 1 is 1.30 bits per heavy atom. The number of nitrogens with one attached hydrogen (secondary N) is 2. The summed E-state index contributed by atoms with van der Waals surface area (Å²) >= 11 is 0. The minimum Gasteiger partial charge on any atom is -0.480 e. The van der Waals surface area contributed by atoms with Gasteiger partial charge in [0.25, 0.3) is 0 Å². The molecule has 1 saturated carbocycles. The summed E-state index contributed by atoms with van der Waals surface area (Å²) in [6.07, 6.45) is 4.25. The highest BCUT2D eigenvalue weighted by Crippen LogP contribution is 2.34. The molecule has 1 amide bonds. The summed E-state index contributed by atoms with van der Waals surface area (Å²) in [4.78, 5) is 23.6. The van der Waals surface area contributed by atoms with Crippen LogP contribution in [-0.2, 0) is 9.59 Å². The van der Waals surface area contributed by atoms with E-state index in [0.29, 0.717) is 25.2 Å². The van der Waals surface area contributed by atoms with Gasteiger partial charge in [-0.2, -0.15) is 0 Å². The van der Waals surface area contributed by atoms with Gasteiger partial charge in [-0.3, -0.25) is 4.79 Å². The lowest BCUT2D eigenvalue weighted by Gasteiger charge is -2.37. The SMILES string of the molecule is CCNC(C)CC(=O)NC1(C(=O)O)CCC(CC)CC1. The van der Waals surface area contributed by atoms with Crippen molar-refractivity contribution in [3.63, 3.8) is 0 Å². The summed E-state index contributed by atoms with van der Waals surface area (Å²) in [6, 6.07) is 0.0674. The number of rotatable bonds is 7. The molecule has 0 aromatic carbocycles. The van der Waals surface area contributed by atoms with Gasteiger partial charge < -0.3 is 15.7 Å². The molecule has 0 spiro atoms. The van der Waals surface area contributed by atoms with E-state index < -0.39 is 11.5 Å². The molecule has 5 heteroatoms.